The number of hydrogen-bond acceptors (Lipinski definition) is 3. The van der Waals surface area contributed by atoms with Crippen molar-refractivity contribution in [2.24, 2.45) is 0 Å². The number of benzene rings is 2. The van der Waals surface area contributed by atoms with E-state index in [1.807, 2.05) is 36.4 Å². The average Bonchev–Trinajstić information content (AvgIpc) is 2.74. The molecule has 1 saturated heterocycles. The van der Waals surface area contributed by atoms with E-state index in [9.17, 15) is 17.6 Å². The quantitative estimate of drug-likeness (QED) is 0.752. The molecule has 0 atom stereocenters. The molecule has 3 rings (SSSR count). The summed E-state index contributed by atoms with van der Waals surface area (Å²) in [5, 5.41) is 3.00. The van der Waals surface area contributed by atoms with Gasteiger partial charge in [0.25, 0.3) is 0 Å². The highest BCUT2D eigenvalue weighted by molar-refractivity contribution is 7.89. The van der Waals surface area contributed by atoms with Crippen LogP contribution in [0.25, 0.3) is 0 Å². The molecule has 2 aromatic carbocycles. The molecular formula is C22H27FN2O3S. The van der Waals surface area contributed by atoms with E-state index in [-0.39, 0.29) is 17.5 Å². The number of hydrogen-bond donors (Lipinski definition) is 1. The summed E-state index contributed by atoms with van der Waals surface area (Å²) in [6.07, 6.45) is 1.40. The van der Waals surface area contributed by atoms with Crippen molar-refractivity contribution in [3.63, 3.8) is 0 Å². The fourth-order valence-electron chi connectivity index (χ4n) is 3.91. The number of nitrogens with zero attached hydrogens (tertiary/aromatic N) is 1. The number of piperidine rings is 1. The number of carbonyl (C=O) groups is 1. The van der Waals surface area contributed by atoms with Gasteiger partial charge in [-0.25, -0.2) is 17.1 Å². The summed E-state index contributed by atoms with van der Waals surface area (Å²) in [7, 11) is -3.27. The first-order chi connectivity index (χ1) is 13.9. The molecule has 0 spiro atoms. The first-order valence-electron chi connectivity index (χ1n) is 9.93. The monoisotopic (exact) mass is 418 g/mol. The molecule has 1 heterocycles. The van der Waals surface area contributed by atoms with E-state index in [0.717, 1.165) is 11.1 Å². The van der Waals surface area contributed by atoms with Crippen LogP contribution in [0.3, 0.4) is 0 Å². The SMILES string of the molecule is CCS(=O)(=O)N1CCC(C(=O)NCCc2cccc(F)c2)(c2ccccc2)CC1. The Kier molecular flexibility index (Phi) is 6.70. The molecule has 29 heavy (non-hydrogen) atoms. The van der Waals surface area contributed by atoms with Gasteiger partial charge in [-0.2, -0.15) is 0 Å². The van der Waals surface area contributed by atoms with E-state index in [1.165, 1.54) is 16.4 Å². The Morgan fingerprint density at radius 3 is 2.41 bits per heavy atom. The molecule has 2 aromatic rings. The highest BCUT2D eigenvalue weighted by Gasteiger charge is 2.44. The van der Waals surface area contributed by atoms with Crippen molar-refractivity contribution in [1.82, 2.24) is 9.62 Å². The minimum absolute atomic E-state index is 0.0607. The third kappa shape index (κ3) is 4.85. The van der Waals surface area contributed by atoms with Gasteiger partial charge < -0.3 is 5.32 Å². The zero-order valence-corrected chi connectivity index (χ0v) is 17.4. The van der Waals surface area contributed by atoms with Crippen molar-refractivity contribution in [3.8, 4) is 0 Å². The second-order valence-corrected chi connectivity index (χ2v) is 9.64. The molecular weight excluding hydrogens is 391 g/mol. The number of halogens is 1. The molecule has 1 fully saturated rings. The first kappa shape index (κ1) is 21.5. The van der Waals surface area contributed by atoms with Crippen LogP contribution in [0.15, 0.2) is 54.6 Å². The molecule has 0 unspecified atom stereocenters. The topological polar surface area (TPSA) is 66.5 Å². The maximum absolute atomic E-state index is 13.3. The highest BCUT2D eigenvalue weighted by Crippen LogP contribution is 2.36. The van der Waals surface area contributed by atoms with Crippen LogP contribution in [0.2, 0.25) is 0 Å². The molecule has 0 aliphatic carbocycles. The van der Waals surface area contributed by atoms with Gasteiger partial charge >= 0.3 is 0 Å². The van der Waals surface area contributed by atoms with E-state index in [0.29, 0.717) is 38.9 Å². The van der Waals surface area contributed by atoms with Crippen molar-refractivity contribution in [2.45, 2.75) is 31.6 Å². The van der Waals surface area contributed by atoms with E-state index in [4.69, 9.17) is 0 Å². The smallest absolute Gasteiger partial charge is 0.230 e. The predicted octanol–water partition coefficient (Wildman–Crippen LogP) is 2.87. The summed E-state index contributed by atoms with van der Waals surface area (Å²) in [5.41, 5.74) is 0.961. The Labute approximate surface area is 172 Å². The second-order valence-electron chi connectivity index (χ2n) is 7.38. The second kappa shape index (κ2) is 9.05. The fraction of sp³-hybridized carbons (Fsp3) is 0.409. The van der Waals surface area contributed by atoms with Crippen molar-refractivity contribution in [2.75, 3.05) is 25.4 Å². The van der Waals surface area contributed by atoms with Gasteiger partial charge in [0.05, 0.1) is 11.2 Å². The van der Waals surface area contributed by atoms with E-state index in [2.05, 4.69) is 5.32 Å². The summed E-state index contributed by atoms with van der Waals surface area (Å²) in [6, 6.07) is 15.9. The zero-order chi connectivity index (χ0) is 20.9. The maximum atomic E-state index is 13.3. The lowest BCUT2D eigenvalue weighted by molar-refractivity contribution is -0.128. The standard InChI is InChI=1S/C22H27FN2O3S/c1-2-29(27,28)25-15-12-22(13-16-25,19-8-4-3-5-9-19)21(26)24-14-11-18-7-6-10-20(23)17-18/h3-10,17H,2,11-16H2,1H3,(H,24,26). The van der Waals surface area contributed by atoms with E-state index in [1.54, 1.807) is 13.0 Å². The molecule has 0 aromatic heterocycles. The van der Waals surface area contributed by atoms with Crippen LogP contribution in [-0.2, 0) is 26.7 Å². The van der Waals surface area contributed by atoms with Gasteiger partial charge in [0.15, 0.2) is 0 Å². The van der Waals surface area contributed by atoms with Gasteiger partial charge in [-0.15, -0.1) is 0 Å². The normalized spacial score (nSPS) is 17.0. The molecule has 1 aliphatic heterocycles. The van der Waals surface area contributed by atoms with Crippen LogP contribution in [0.5, 0.6) is 0 Å². The lowest BCUT2D eigenvalue weighted by Gasteiger charge is -2.40. The Morgan fingerprint density at radius 1 is 1.10 bits per heavy atom. The number of amides is 1. The van der Waals surface area contributed by atoms with Crippen LogP contribution in [0.1, 0.15) is 30.9 Å². The summed E-state index contributed by atoms with van der Waals surface area (Å²) in [5.74, 6) is -0.335. The Hall–Kier alpha value is -2.25. The molecule has 5 nitrogen and oxygen atoms in total. The third-order valence-electron chi connectivity index (χ3n) is 5.68. The number of rotatable bonds is 7. The van der Waals surface area contributed by atoms with Gasteiger partial charge in [-0.3, -0.25) is 4.79 Å². The molecule has 0 bridgehead atoms. The largest absolute Gasteiger partial charge is 0.355 e. The molecule has 7 heteroatoms. The molecule has 0 saturated carbocycles. The predicted molar refractivity (Wildman–Crippen MR) is 112 cm³/mol. The maximum Gasteiger partial charge on any atom is 0.230 e. The van der Waals surface area contributed by atoms with Gasteiger partial charge in [-0.05, 0) is 49.4 Å². The molecule has 0 radical (unpaired) electrons. The van der Waals surface area contributed by atoms with E-state index < -0.39 is 15.4 Å². The van der Waals surface area contributed by atoms with Crippen LogP contribution in [0.4, 0.5) is 4.39 Å². The van der Waals surface area contributed by atoms with Crippen LogP contribution in [-0.4, -0.2) is 44.0 Å². The van der Waals surface area contributed by atoms with Crippen molar-refractivity contribution >= 4 is 15.9 Å². The molecule has 1 N–H and O–H groups in total. The van der Waals surface area contributed by atoms with Gasteiger partial charge in [0.2, 0.25) is 15.9 Å². The lowest BCUT2D eigenvalue weighted by Crippen LogP contribution is -2.53. The summed E-state index contributed by atoms with van der Waals surface area (Å²) < 4.78 is 39.3. The van der Waals surface area contributed by atoms with Crippen molar-refractivity contribution in [3.05, 3.63) is 71.5 Å². The lowest BCUT2D eigenvalue weighted by atomic mass is 9.72. The summed E-state index contributed by atoms with van der Waals surface area (Å²) in [6.45, 7) is 2.67. The zero-order valence-electron chi connectivity index (χ0n) is 16.6. The van der Waals surface area contributed by atoms with Gasteiger partial charge in [0.1, 0.15) is 5.82 Å². The molecule has 156 valence electrons. The third-order valence-corrected chi connectivity index (χ3v) is 7.56. The first-order valence-corrected chi connectivity index (χ1v) is 11.5. The van der Waals surface area contributed by atoms with Crippen molar-refractivity contribution in [1.29, 1.82) is 0 Å². The van der Waals surface area contributed by atoms with Crippen LogP contribution < -0.4 is 5.32 Å². The van der Waals surface area contributed by atoms with Crippen molar-refractivity contribution < 1.29 is 17.6 Å². The summed E-state index contributed by atoms with van der Waals surface area (Å²) >= 11 is 0. The molecule has 1 aliphatic rings. The highest BCUT2D eigenvalue weighted by atomic mass is 32.2. The minimum atomic E-state index is -3.27. The number of carbonyl (C=O) groups excluding carboxylic acids is 1. The molecule has 1 amide bonds. The number of nitrogens with one attached hydrogen (secondary N) is 1. The number of sulfonamides is 1. The Bertz CT molecular complexity index is 940. The van der Waals surface area contributed by atoms with Gasteiger partial charge in [-0.1, -0.05) is 42.5 Å². The average molecular weight is 419 g/mol. The van der Waals surface area contributed by atoms with Crippen LogP contribution >= 0.6 is 0 Å². The Morgan fingerprint density at radius 2 is 1.79 bits per heavy atom. The van der Waals surface area contributed by atoms with Gasteiger partial charge in [0, 0.05) is 19.6 Å². The minimum Gasteiger partial charge on any atom is -0.355 e. The van der Waals surface area contributed by atoms with E-state index >= 15 is 0 Å². The fourth-order valence-corrected chi connectivity index (χ4v) is 5.02. The Balaban J connectivity index is 1.73. The van der Waals surface area contributed by atoms with Crippen LogP contribution in [0, 0.1) is 5.82 Å². The summed E-state index contributed by atoms with van der Waals surface area (Å²) in [4.78, 5) is 13.3.